The molecule has 2 atom stereocenters. The zero-order valence-corrected chi connectivity index (χ0v) is 6.95. The Morgan fingerprint density at radius 3 is 2.55 bits per heavy atom. The summed E-state index contributed by atoms with van der Waals surface area (Å²) in [7, 11) is 0. The van der Waals surface area contributed by atoms with Crippen molar-refractivity contribution in [1.29, 1.82) is 5.26 Å². The molecule has 0 heterocycles. The van der Waals surface area contributed by atoms with Crippen molar-refractivity contribution in [2.75, 3.05) is 0 Å². The van der Waals surface area contributed by atoms with E-state index in [2.05, 4.69) is 6.07 Å². The van der Waals surface area contributed by atoms with Crippen molar-refractivity contribution >= 4 is 0 Å². The summed E-state index contributed by atoms with van der Waals surface area (Å²) in [4.78, 5) is 0. The highest BCUT2D eigenvalue weighted by atomic mass is 16.3. The molecule has 0 radical (unpaired) electrons. The number of nitrogens with zero attached hydrogens (tertiary/aromatic N) is 1. The first-order chi connectivity index (χ1) is 5.29. The summed E-state index contributed by atoms with van der Waals surface area (Å²) in [6.07, 6.45) is 3.86. The van der Waals surface area contributed by atoms with E-state index in [9.17, 15) is 5.11 Å². The molecule has 0 aromatic heterocycles. The zero-order chi connectivity index (χ0) is 8.27. The van der Waals surface area contributed by atoms with Crippen molar-refractivity contribution in [2.24, 2.45) is 11.8 Å². The van der Waals surface area contributed by atoms with Crippen molar-refractivity contribution in [2.45, 2.75) is 38.7 Å². The highest BCUT2D eigenvalue weighted by molar-refractivity contribution is 4.92. The summed E-state index contributed by atoms with van der Waals surface area (Å²) in [5.74, 6) is 0.278. The average Bonchev–Trinajstić information content (AvgIpc) is 1.86. The summed E-state index contributed by atoms with van der Waals surface area (Å²) in [5, 5.41) is 18.3. The van der Waals surface area contributed by atoms with Gasteiger partial charge in [-0.2, -0.15) is 5.26 Å². The maximum absolute atomic E-state index is 9.61. The fraction of sp³-hybridized carbons (Fsp3) is 0.889. The van der Waals surface area contributed by atoms with Gasteiger partial charge in [-0.3, -0.25) is 0 Å². The Morgan fingerprint density at radius 2 is 2.27 bits per heavy atom. The fourth-order valence-corrected chi connectivity index (χ4v) is 1.52. The SMILES string of the molecule is CCC(C#N)C(O)C1CCC1. The van der Waals surface area contributed by atoms with Gasteiger partial charge in [0.1, 0.15) is 0 Å². The van der Waals surface area contributed by atoms with Gasteiger partial charge in [0.15, 0.2) is 0 Å². The van der Waals surface area contributed by atoms with E-state index in [1.54, 1.807) is 0 Å². The monoisotopic (exact) mass is 153 g/mol. The van der Waals surface area contributed by atoms with E-state index in [0.717, 1.165) is 19.3 Å². The van der Waals surface area contributed by atoms with Crippen molar-refractivity contribution < 1.29 is 5.11 Å². The lowest BCUT2D eigenvalue weighted by Crippen LogP contribution is -2.32. The standard InChI is InChI=1S/C9H15NO/c1-2-7(6-10)9(11)8-4-3-5-8/h7-9,11H,2-5H2,1H3. The maximum Gasteiger partial charge on any atom is 0.0726 e. The number of aliphatic hydroxyl groups is 1. The van der Waals surface area contributed by atoms with Gasteiger partial charge < -0.3 is 5.11 Å². The van der Waals surface area contributed by atoms with Crippen LogP contribution in [0.5, 0.6) is 0 Å². The van der Waals surface area contributed by atoms with Crippen LogP contribution in [0.15, 0.2) is 0 Å². The summed E-state index contributed by atoms with van der Waals surface area (Å²) < 4.78 is 0. The number of nitriles is 1. The van der Waals surface area contributed by atoms with Crippen LogP contribution >= 0.6 is 0 Å². The van der Waals surface area contributed by atoms with Gasteiger partial charge in [-0.05, 0) is 25.2 Å². The molecule has 0 amide bonds. The Kier molecular flexibility index (Phi) is 2.90. The molecule has 2 heteroatoms. The third-order valence-electron chi connectivity index (χ3n) is 2.65. The Bertz CT molecular complexity index is 157. The van der Waals surface area contributed by atoms with Crippen LogP contribution in [0, 0.1) is 23.2 Å². The first-order valence-corrected chi connectivity index (χ1v) is 4.37. The number of aliphatic hydroxyl groups excluding tert-OH is 1. The second-order valence-corrected chi connectivity index (χ2v) is 3.33. The van der Waals surface area contributed by atoms with Crippen molar-refractivity contribution in [3.8, 4) is 6.07 Å². The Labute approximate surface area is 67.8 Å². The predicted molar refractivity (Wildman–Crippen MR) is 42.7 cm³/mol. The molecule has 62 valence electrons. The van der Waals surface area contributed by atoms with E-state index >= 15 is 0 Å². The summed E-state index contributed by atoms with van der Waals surface area (Å²) in [5.41, 5.74) is 0. The molecular weight excluding hydrogens is 138 g/mol. The number of rotatable bonds is 3. The molecule has 0 bridgehead atoms. The first-order valence-electron chi connectivity index (χ1n) is 4.37. The van der Waals surface area contributed by atoms with Crippen LogP contribution in [0.1, 0.15) is 32.6 Å². The third kappa shape index (κ3) is 1.72. The molecule has 0 aromatic rings. The van der Waals surface area contributed by atoms with Gasteiger partial charge in [0.2, 0.25) is 0 Å². The second kappa shape index (κ2) is 3.73. The lowest BCUT2D eigenvalue weighted by Gasteiger charge is -2.32. The molecule has 1 aliphatic rings. The second-order valence-electron chi connectivity index (χ2n) is 3.33. The van der Waals surface area contributed by atoms with Gasteiger partial charge in [-0.25, -0.2) is 0 Å². The lowest BCUT2D eigenvalue weighted by atomic mass is 9.76. The van der Waals surface area contributed by atoms with Crippen LogP contribution in [-0.4, -0.2) is 11.2 Å². The molecule has 0 aliphatic heterocycles. The normalized spacial score (nSPS) is 23.4. The molecule has 1 N–H and O–H groups in total. The van der Waals surface area contributed by atoms with E-state index in [-0.39, 0.29) is 12.0 Å². The molecule has 2 unspecified atom stereocenters. The Hall–Kier alpha value is -0.550. The molecular formula is C9H15NO. The minimum Gasteiger partial charge on any atom is -0.391 e. The summed E-state index contributed by atoms with van der Waals surface area (Å²) in [6, 6.07) is 2.15. The van der Waals surface area contributed by atoms with Gasteiger partial charge in [0.05, 0.1) is 18.1 Å². The Morgan fingerprint density at radius 1 is 1.64 bits per heavy atom. The van der Waals surface area contributed by atoms with Crippen LogP contribution in [0.3, 0.4) is 0 Å². The maximum atomic E-state index is 9.61. The van der Waals surface area contributed by atoms with E-state index < -0.39 is 0 Å². The van der Waals surface area contributed by atoms with Crippen LogP contribution in [0.2, 0.25) is 0 Å². The van der Waals surface area contributed by atoms with Crippen LogP contribution in [0.25, 0.3) is 0 Å². The minimum atomic E-state index is -0.362. The van der Waals surface area contributed by atoms with Crippen LogP contribution in [0.4, 0.5) is 0 Å². The van der Waals surface area contributed by atoms with Gasteiger partial charge >= 0.3 is 0 Å². The quantitative estimate of drug-likeness (QED) is 0.670. The molecule has 0 saturated heterocycles. The molecule has 1 saturated carbocycles. The van der Waals surface area contributed by atoms with E-state index in [1.807, 2.05) is 6.92 Å². The predicted octanol–water partition coefficient (Wildman–Crippen LogP) is 1.70. The van der Waals surface area contributed by atoms with Gasteiger partial charge in [-0.15, -0.1) is 0 Å². The zero-order valence-electron chi connectivity index (χ0n) is 6.95. The van der Waals surface area contributed by atoms with Gasteiger partial charge in [0, 0.05) is 0 Å². The molecule has 1 fully saturated rings. The van der Waals surface area contributed by atoms with Gasteiger partial charge in [-0.1, -0.05) is 13.3 Å². The van der Waals surface area contributed by atoms with Crippen molar-refractivity contribution in [3.05, 3.63) is 0 Å². The summed E-state index contributed by atoms with van der Waals surface area (Å²) in [6.45, 7) is 1.95. The molecule has 2 nitrogen and oxygen atoms in total. The molecule has 0 spiro atoms. The highest BCUT2D eigenvalue weighted by Gasteiger charge is 2.30. The average molecular weight is 153 g/mol. The summed E-state index contributed by atoms with van der Waals surface area (Å²) >= 11 is 0. The van der Waals surface area contributed by atoms with E-state index in [1.165, 1.54) is 6.42 Å². The van der Waals surface area contributed by atoms with Gasteiger partial charge in [0.25, 0.3) is 0 Å². The number of hydrogen-bond acceptors (Lipinski definition) is 2. The first kappa shape index (κ1) is 8.55. The lowest BCUT2D eigenvalue weighted by molar-refractivity contribution is 0.0314. The topological polar surface area (TPSA) is 44.0 Å². The smallest absolute Gasteiger partial charge is 0.0726 e. The molecule has 11 heavy (non-hydrogen) atoms. The van der Waals surface area contributed by atoms with Crippen molar-refractivity contribution in [3.63, 3.8) is 0 Å². The molecule has 1 aliphatic carbocycles. The van der Waals surface area contributed by atoms with E-state index in [4.69, 9.17) is 5.26 Å². The van der Waals surface area contributed by atoms with E-state index in [0.29, 0.717) is 5.92 Å². The minimum absolute atomic E-state index is 0.139. The largest absolute Gasteiger partial charge is 0.391 e. The Balaban J connectivity index is 2.38. The highest BCUT2D eigenvalue weighted by Crippen LogP contribution is 2.33. The van der Waals surface area contributed by atoms with Crippen molar-refractivity contribution in [1.82, 2.24) is 0 Å². The van der Waals surface area contributed by atoms with Crippen LogP contribution < -0.4 is 0 Å². The third-order valence-corrected chi connectivity index (χ3v) is 2.65. The molecule has 0 aromatic carbocycles. The van der Waals surface area contributed by atoms with Crippen LogP contribution in [-0.2, 0) is 0 Å². The fourth-order valence-electron chi connectivity index (χ4n) is 1.52. The number of hydrogen-bond donors (Lipinski definition) is 1. The molecule has 1 rings (SSSR count).